The fourth-order valence-electron chi connectivity index (χ4n) is 3.05. The highest BCUT2D eigenvalue weighted by molar-refractivity contribution is 5.84. The molecule has 1 atom stereocenters. The molecule has 3 nitrogen and oxygen atoms in total. The summed E-state index contributed by atoms with van der Waals surface area (Å²) in [4.78, 5) is 15.0. The second-order valence-corrected chi connectivity index (χ2v) is 6.17. The van der Waals surface area contributed by atoms with Gasteiger partial charge in [-0.1, -0.05) is 44.0 Å². The van der Waals surface area contributed by atoms with E-state index < -0.39 is 0 Å². The summed E-state index contributed by atoms with van der Waals surface area (Å²) in [5.41, 5.74) is 2.47. The molecule has 0 spiro atoms. The number of nitrogens with zero attached hydrogens (tertiary/aromatic N) is 1. The van der Waals surface area contributed by atoms with Gasteiger partial charge in [0.05, 0.1) is 0 Å². The molecule has 1 amide bonds. The van der Waals surface area contributed by atoms with Gasteiger partial charge in [0, 0.05) is 19.1 Å². The molecule has 1 unspecified atom stereocenters. The molecule has 1 aromatic rings. The van der Waals surface area contributed by atoms with Crippen molar-refractivity contribution in [3.8, 4) is 0 Å². The normalized spacial score (nSPS) is 17.6. The van der Waals surface area contributed by atoms with E-state index in [1.807, 2.05) is 11.0 Å². The lowest BCUT2D eigenvalue weighted by Gasteiger charge is -2.34. The van der Waals surface area contributed by atoms with Gasteiger partial charge in [0.2, 0.25) is 5.91 Å². The van der Waals surface area contributed by atoms with E-state index in [0.717, 1.165) is 31.5 Å². The molecule has 0 fully saturated rings. The predicted molar refractivity (Wildman–Crippen MR) is 87.3 cm³/mol. The van der Waals surface area contributed by atoms with Crippen molar-refractivity contribution >= 4 is 5.91 Å². The predicted octanol–water partition coefficient (Wildman–Crippen LogP) is 3.30. The molecule has 1 N–H and O–H groups in total. The topological polar surface area (TPSA) is 32.3 Å². The van der Waals surface area contributed by atoms with Gasteiger partial charge in [-0.2, -0.15) is 0 Å². The van der Waals surface area contributed by atoms with Gasteiger partial charge in [-0.15, -0.1) is 0 Å². The van der Waals surface area contributed by atoms with Crippen LogP contribution in [0.1, 0.15) is 57.2 Å². The Morgan fingerprint density at radius 2 is 2.10 bits per heavy atom. The summed E-state index contributed by atoms with van der Waals surface area (Å²) < 4.78 is 0. The maximum atomic E-state index is 13.0. The van der Waals surface area contributed by atoms with Crippen molar-refractivity contribution in [3.05, 3.63) is 35.4 Å². The van der Waals surface area contributed by atoms with Gasteiger partial charge in [-0.05, 0) is 37.8 Å². The molecule has 2 rings (SSSR count). The monoisotopic (exact) mass is 288 g/mol. The maximum Gasteiger partial charge on any atom is 0.244 e. The first-order valence-electron chi connectivity index (χ1n) is 8.26. The average molecular weight is 288 g/mol. The largest absolute Gasteiger partial charge is 0.339 e. The second kappa shape index (κ2) is 7.60. The number of rotatable bonds is 6. The van der Waals surface area contributed by atoms with Gasteiger partial charge >= 0.3 is 0 Å². The number of nitrogens with one attached hydrogen (secondary N) is 1. The van der Waals surface area contributed by atoms with Crippen LogP contribution < -0.4 is 5.32 Å². The fourth-order valence-corrected chi connectivity index (χ4v) is 3.05. The maximum absolute atomic E-state index is 13.0. The molecule has 0 saturated heterocycles. The lowest BCUT2D eigenvalue weighted by Crippen LogP contribution is -2.46. The van der Waals surface area contributed by atoms with Crippen molar-refractivity contribution in [2.45, 2.75) is 58.5 Å². The summed E-state index contributed by atoms with van der Waals surface area (Å²) in [7, 11) is 0. The number of hydrogen-bond acceptors (Lipinski definition) is 2. The fraction of sp³-hybridized carbons (Fsp3) is 0.611. The zero-order chi connectivity index (χ0) is 15.2. The Morgan fingerprint density at radius 3 is 2.81 bits per heavy atom. The Morgan fingerprint density at radius 1 is 1.33 bits per heavy atom. The van der Waals surface area contributed by atoms with Crippen molar-refractivity contribution in [1.29, 1.82) is 0 Å². The molecule has 1 heterocycles. The summed E-state index contributed by atoms with van der Waals surface area (Å²) in [6.07, 6.45) is 4.47. The lowest BCUT2D eigenvalue weighted by atomic mass is 9.93. The molecule has 0 radical (unpaired) electrons. The van der Waals surface area contributed by atoms with Crippen molar-refractivity contribution in [3.63, 3.8) is 0 Å². The van der Waals surface area contributed by atoms with Crippen LogP contribution in [0.2, 0.25) is 0 Å². The third-order valence-electron chi connectivity index (χ3n) is 4.26. The van der Waals surface area contributed by atoms with Crippen molar-refractivity contribution in [2.24, 2.45) is 0 Å². The highest BCUT2D eigenvalue weighted by Gasteiger charge is 2.30. The first-order valence-corrected chi connectivity index (χ1v) is 8.26. The van der Waals surface area contributed by atoms with Crippen LogP contribution in [0.5, 0.6) is 0 Å². The van der Waals surface area contributed by atoms with E-state index in [-0.39, 0.29) is 18.0 Å². The summed E-state index contributed by atoms with van der Waals surface area (Å²) in [5, 5.41) is 3.41. The number of carbonyl (C=O) groups is 1. The van der Waals surface area contributed by atoms with E-state index in [1.54, 1.807) is 0 Å². The number of carbonyl (C=O) groups excluding carboxylic acids is 1. The van der Waals surface area contributed by atoms with E-state index in [4.69, 9.17) is 0 Å². The van der Waals surface area contributed by atoms with E-state index in [0.29, 0.717) is 0 Å². The van der Waals surface area contributed by atoms with E-state index in [2.05, 4.69) is 44.3 Å². The van der Waals surface area contributed by atoms with Crippen LogP contribution in [0.3, 0.4) is 0 Å². The summed E-state index contributed by atoms with van der Waals surface area (Å²) in [6, 6.07) is 8.42. The van der Waals surface area contributed by atoms with Gasteiger partial charge in [0.1, 0.15) is 6.04 Å². The Labute approximate surface area is 128 Å². The zero-order valence-electron chi connectivity index (χ0n) is 13.6. The molecule has 3 heteroatoms. The van der Waals surface area contributed by atoms with Gasteiger partial charge in [0.25, 0.3) is 0 Å². The van der Waals surface area contributed by atoms with E-state index in [1.165, 1.54) is 18.4 Å². The number of unbranched alkanes of at least 4 members (excludes halogenated alkanes) is 2. The zero-order valence-corrected chi connectivity index (χ0v) is 13.6. The van der Waals surface area contributed by atoms with Crippen LogP contribution in [-0.4, -0.2) is 29.9 Å². The molecular weight excluding hydrogens is 260 g/mol. The molecular formula is C18H28N2O. The van der Waals surface area contributed by atoms with Crippen LogP contribution in [0.25, 0.3) is 0 Å². The number of hydrogen-bond donors (Lipinski definition) is 1. The minimum Gasteiger partial charge on any atom is -0.339 e. The highest BCUT2D eigenvalue weighted by atomic mass is 16.2. The quantitative estimate of drug-likeness (QED) is 0.815. The minimum atomic E-state index is -0.168. The molecule has 1 aliphatic heterocycles. The average Bonchev–Trinajstić information content (AvgIpc) is 2.50. The third kappa shape index (κ3) is 3.85. The van der Waals surface area contributed by atoms with Crippen molar-refractivity contribution in [1.82, 2.24) is 10.2 Å². The Bertz CT molecular complexity index is 470. The van der Waals surface area contributed by atoms with Gasteiger partial charge in [-0.3, -0.25) is 4.79 Å². The molecule has 0 saturated carbocycles. The summed E-state index contributed by atoms with van der Waals surface area (Å²) in [6.45, 7) is 8.16. The van der Waals surface area contributed by atoms with Gasteiger partial charge in [-0.25, -0.2) is 0 Å². The van der Waals surface area contributed by atoms with Crippen molar-refractivity contribution in [2.75, 3.05) is 13.1 Å². The van der Waals surface area contributed by atoms with E-state index >= 15 is 0 Å². The molecule has 0 aliphatic carbocycles. The molecule has 0 aromatic heterocycles. The van der Waals surface area contributed by atoms with Gasteiger partial charge < -0.3 is 10.2 Å². The summed E-state index contributed by atoms with van der Waals surface area (Å²) in [5.74, 6) is 0.230. The Hall–Kier alpha value is -1.35. The van der Waals surface area contributed by atoms with Gasteiger partial charge in [0.15, 0.2) is 0 Å². The molecule has 21 heavy (non-hydrogen) atoms. The van der Waals surface area contributed by atoms with Crippen LogP contribution in [-0.2, 0) is 11.2 Å². The molecule has 116 valence electrons. The number of benzene rings is 1. The highest BCUT2D eigenvalue weighted by Crippen LogP contribution is 2.25. The van der Waals surface area contributed by atoms with Crippen LogP contribution >= 0.6 is 0 Å². The second-order valence-electron chi connectivity index (χ2n) is 6.17. The molecule has 1 aromatic carbocycles. The first-order chi connectivity index (χ1) is 10.1. The number of amides is 1. The SMILES string of the molecule is CCCCCN(C(=O)C1NCCc2ccccc21)C(C)C. The first kappa shape index (κ1) is 16.0. The Balaban J connectivity index is 2.14. The van der Waals surface area contributed by atoms with Crippen LogP contribution in [0, 0.1) is 0 Å². The summed E-state index contributed by atoms with van der Waals surface area (Å²) >= 11 is 0. The lowest BCUT2D eigenvalue weighted by molar-refractivity contribution is -0.135. The van der Waals surface area contributed by atoms with Crippen LogP contribution in [0.4, 0.5) is 0 Å². The number of fused-ring (bicyclic) bond motifs is 1. The molecule has 0 bridgehead atoms. The van der Waals surface area contributed by atoms with Crippen LogP contribution in [0.15, 0.2) is 24.3 Å². The standard InChI is InChI=1S/C18H28N2O/c1-4-5-8-13-20(14(2)3)18(21)17-16-10-7-6-9-15(16)11-12-19-17/h6-7,9-10,14,17,19H,4-5,8,11-13H2,1-3H3. The van der Waals surface area contributed by atoms with E-state index in [9.17, 15) is 4.79 Å². The Kier molecular flexibility index (Phi) is 5.80. The smallest absolute Gasteiger partial charge is 0.244 e. The van der Waals surface area contributed by atoms with Crippen molar-refractivity contribution < 1.29 is 4.79 Å². The molecule has 1 aliphatic rings. The third-order valence-corrected chi connectivity index (χ3v) is 4.26. The minimum absolute atomic E-state index is 0.168.